The standard InChI is InChI=1S/C15H20F3NO2/c1-2-10(8-12(9-19)14(20)21)7-11-3-5-13(6-4-11)15(16,17)18/h3-6,10,12H,2,7-9,19H2,1H3,(H,20,21). The highest BCUT2D eigenvalue weighted by atomic mass is 19.4. The molecule has 0 fully saturated rings. The molecule has 0 aliphatic carbocycles. The summed E-state index contributed by atoms with van der Waals surface area (Å²) in [6, 6.07) is 5.01. The Bertz CT molecular complexity index is 457. The Morgan fingerprint density at radius 3 is 2.24 bits per heavy atom. The van der Waals surface area contributed by atoms with E-state index in [1.54, 1.807) is 0 Å². The van der Waals surface area contributed by atoms with E-state index in [1.807, 2.05) is 6.92 Å². The minimum absolute atomic E-state index is 0.0683. The van der Waals surface area contributed by atoms with E-state index in [4.69, 9.17) is 10.8 Å². The molecule has 0 aliphatic heterocycles. The number of hydrogen-bond acceptors (Lipinski definition) is 2. The average Bonchev–Trinajstić information content (AvgIpc) is 2.42. The van der Waals surface area contributed by atoms with Crippen LogP contribution in [0.4, 0.5) is 13.2 Å². The van der Waals surface area contributed by atoms with Crippen molar-refractivity contribution in [1.29, 1.82) is 0 Å². The fourth-order valence-electron chi connectivity index (χ4n) is 2.26. The second kappa shape index (κ2) is 7.45. The first-order valence-corrected chi connectivity index (χ1v) is 6.86. The van der Waals surface area contributed by atoms with Gasteiger partial charge in [-0.1, -0.05) is 25.5 Å². The van der Waals surface area contributed by atoms with Gasteiger partial charge in [0.05, 0.1) is 11.5 Å². The fraction of sp³-hybridized carbons (Fsp3) is 0.533. The number of nitrogens with two attached hydrogens (primary N) is 1. The number of benzene rings is 1. The van der Waals surface area contributed by atoms with Crippen molar-refractivity contribution in [3.63, 3.8) is 0 Å². The van der Waals surface area contributed by atoms with E-state index >= 15 is 0 Å². The first-order chi connectivity index (χ1) is 9.77. The van der Waals surface area contributed by atoms with E-state index in [9.17, 15) is 18.0 Å². The van der Waals surface area contributed by atoms with Gasteiger partial charge in [-0.05, 0) is 36.5 Å². The topological polar surface area (TPSA) is 63.3 Å². The van der Waals surface area contributed by atoms with Gasteiger partial charge in [-0.25, -0.2) is 0 Å². The summed E-state index contributed by atoms with van der Waals surface area (Å²) in [5.41, 5.74) is 5.53. The highest BCUT2D eigenvalue weighted by Crippen LogP contribution is 2.30. The van der Waals surface area contributed by atoms with Crippen molar-refractivity contribution >= 4 is 5.97 Å². The van der Waals surface area contributed by atoms with Crippen molar-refractivity contribution in [3.8, 4) is 0 Å². The zero-order valence-electron chi connectivity index (χ0n) is 11.9. The number of carboxylic acids is 1. The lowest BCUT2D eigenvalue weighted by molar-refractivity contribution is -0.142. The van der Waals surface area contributed by atoms with E-state index in [1.165, 1.54) is 12.1 Å². The molecule has 0 saturated heterocycles. The van der Waals surface area contributed by atoms with Gasteiger partial charge in [-0.15, -0.1) is 0 Å². The summed E-state index contributed by atoms with van der Waals surface area (Å²) in [4.78, 5) is 11.0. The van der Waals surface area contributed by atoms with Crippen molar-refractivity contribution in [3.05, 3.63) is 35.4 Å². The third kappa shape index (κ3) is 5.38. The maximum atomic E-state index is 12.5. The minimum Gasteiger partial charge on any atom is -0.481 e. The maximum Gasteiger partial charge on any atom is 0.416 e. The van der Waals surface area contributed by atoms with Crippen molar-refractivity contribution in [2.24, 2.45) is 17.6 Å². The van der Waals surface area contributed by atoms with Crippen LogP contribution < -0.4 is 5.73 Å². The molecule has 3 nitrogen and oxygen atoms in total. The molecular formula is C15H20F3NO2. The first kappa shape index (κ1) is 17.5. The van der Waals surface area contributed by atoms with Crippen LogP contribution >= 0.6 is 0 Å². The zero-order chi connectivity index (χ0) is 16.0. The molecule has 2 unspecified atom stereocenters. The molecule has 0 heterocycles. The molecule has 3 N–H and O–H groups in total. The number of carboxylic acid groups (broad SMARTS) is 1. The molecule has 0 aromatic heterocycles. The van der Waals surface area contributed by atoms with E-state index < -0.39 is 23.6 Å². The zero-order valence-corrected chi connectivity index (χ0v) is 11.9. The highest BCUT2D eigenvalue weighted by Gasteiger charge is 2.30. The normalized spacial score (nSPS) is 14.7. The number of rotatable bonds is 7. The Balaban J connectivity index is 2.71. The molecule has 1 aromatic carbocycles. The molecule has 0 spiro atoms. The van der Waals surface area contributed by atoms with Gasteiger partial charge in [0.25, 0.3) is 0 Å². The molecule has 6 heteroatoms. The van der Waals surface area contributed by atoms with Gasteiger partial charge in [0.2, 0.25) is 0 Å². The van der Waals surface area contributed by atoms with Gasteiger partial charge in [0.15, 0.2) is 0 Å². The van der Waals surface area contributed by atoms with Crippen LogP contribution in [0, 0.1) is 11.8 Å². The van der Waals surface area contributed by atoms with Crippen molar-refractivity contribution in [1.82, 2.24) is 0 Å². The van der Waals surface area contributed by atoms with Crippen molar-refractivity contribution in [2.45, 2.75) is 32.4 Å². The van der Waals surface area contributed by atoms with Crippen LogP contribution in [0.25, 0.3) is 0 Å². The summed E-state index contributed by atoms with van der Waals surface area (Å²) < 4.78 is 37.4. The van der Waals surface area contributed by atoms with Gasteiger partial charge in [0, 0.05) is 6.54 Å². The highest BCUT2D eigenvalue weighted by molar-refractivity contribution is 5.70. The summed E-state index contributed by atoms with van der Waals surface area (Å²) in [7, 11) is 0. The second-order valence-electron chi connectivity index (χ2n) is 5.18. The molecule has 0 saturated carbocycles. The first-order valence-electron chi connectivity index (χ1n) is 6.86. The van der Waals surface area contributed by atoms with Crippen molar-refractivity contribution in [2.75, 3.05) is 6.54 Å². The SMILES string of the molecule is CCC(Cc1ccc(C(F)(F)F)cc1)CC(CN)C(=O)O. The fourth-order valence-corrected chi connectivity index (χ4v) is 2.26. The third-order valence-corrected chi connectivity index (χ3v) is 3.63. The summed E-state index contributed by atoms with van der Waals surface area (Å²) in [5.74, 6) is -1.45. The largest absolute Gasteiger partial charge is 0.481 e. The molecule has 21 heavy (non-hydrogen) atoms. The molecule has 118 valence electrons. The van der Waals surface area contributed by atoms with Gasteiger partial charge in [-0.2, -0.15) is 13.2 Å². The number of carbonyl (C=O) groups is 1. The Labute approximate surface area is 122 Å². The van der Waals surface area contributed by atoms with Crippen LogP contribution in [0.15, 0.2) is 24.3 Å². The summed E-state index contributed by atoms with van der Waals surface area (Å²) in [6.07, 6.45) is -2.59. The average molecular weight is 303 g/mol. The van der Waals surface area contributed by atoms with Crippen LogP contribution in [0.3, 0.4) is 0 Å². The van der Waals surface area contributed by atoms with Crippen LogP contribution in [0.5, 0.6) is 0 Å². The van der Waals surface area contributed by atoms with Crippen LogP contribution in [0.2, 0.25) is 0 Å². The monoisotopic (exact) mass is 303 g/mol. The molecule has 2 atom stereocenters. The Kier molecular flexibility index (Phi) is 6.20. The molecule has 0 amide bonds. The Hall–Kier alpha value is -1.56. The summed E-state index contributed by atoms with van der Waals surface area (Å²) in [6.45, 7) is 2.00. The van der Waals surface area contributed by atoms with Crippen molar-refractivity contribution < 1.29 is 23.1 Å². The van der Waals surface area contributed by atoms with Gasteiger partial charge in [0.1, 0.15) is 0 Å². The number of aliphatic carboxylic acids is 1. The Morgan fingerprint density at radius 2 is 1.86 bits per heavy atom. The van der Waals surface area contributed by atoms with E-state index in [0.29, 0.717) is 12.8 Å². The van der Waals surface area contributed by atoms with Gasteiger partial charge < -0.3 is 10.8 Å². The minimum atomic E-state index is -4.34. The number of alkyl halides is 3. The van der Waals surface area contributed by atoms with Crippen LogP contribution in [-0.4, -0.2) is 17.6 Å². The number of hydrogen-bond donors (Lipinski definition) is 2. The molecule has 0 radical (unpaired) electrons. The summed E-state index contributed by atoms with van der Waals surface area (Å²) >= 11 is 0. The Morgan fingerprint density at radius 1 is 1.29 bits per heavy atom. The van der Waals surface area contributed by atoms with Gasteiger partial charge >= 0.3 is 12.1 Å². The molecule has 1 rings (SSSR count). The predicted octanol–water partition coefficient (Wildman–Crippen LogP) is 3.32. The lowest BCUT2D eigenvalue weighted by Crippen LogP contribution is -2.26. The quantitative estimate of drug-likeness (QED) is 0.812. The van der Waals surface area contributed by atoms with Crippen LogP contribution in [-0.2, 0) is 17.4 Å². The predicted molar refractivity (Wildman–Crippen MR) is 73.7 cm³/mol. The second-order valence-corrected chi connectivity index (χ2v) is 5.18. The van der Waals surface area contributed by atoms with E-state index in [0.717, 1.165) is 24.1 Å². The smallest absolute Gasteiger partial charge is 0.416 e. The molecule has 0 bridgehead atoms. The van der Waals surface area contributed by atoms with E-state index in [-0.39, 0.29) is 12.5 Å². The van der Waals surface area contributed by atoms with E-state index in [2.05, 4.69) is 0 Å². The van der Waals surface area contributed by atoms with Gasteiger partial charge in [-0.3, -0.25) is 4.79 Å². The molecule has 1 aromatic rings. The maximum absolute atomic E-state index is 12.5. The third-order valence-electron chi connectivity index (χ3n) is 3.63. The molecular weight excluding hydrogens is 283 g/mol. The lowest BCUT2D eigenvalue weighted by Gasteiger charge is -2.19. The lowest BCUT2D eigenvalue weighted by atomic mass is 9.87. The molecule has 0 aliphatic rings. The van der Waals surface area contributed by atoms with Crippen LogP contribution in [0.1, 0.15) is 30.9 Å². The summed E-state index contributed by atoms with van der Waals surface area (Å²) in [5, 5.41) is 9.00. The number of halogens is 3.